The van der Waals surface area contributed by atoms with Crippen LogP contribution >= 0.6 is 11.3 Å². The molecule has 0 aliphatic carbocycles. The summed E-state index contributed by atoms with van der Waals surface area (Å²) < 4.78 is 32.8. The van der Waals surface area contributed by atoms with E-state index in [1.54, 1.807) is 24.6 Å². The molecule has 0 saturated carbocycles. The molecule has 3 heterocycles. The third kappa shape index (κ3) is 4.95. The van der Waals surface area contributed by atoms with Gasteiger partial charge < -0.3 is 9.64 Å². The van der Waals surface area contributed by atoms with Gasteiger partial charge in [0.2, 0.25) is 5.91 Å². The molecule has 2 aliphatic heterocycles. The molecule has 0 radical (unpaired) electrons. The van der Waals surface area contributed by atoms with Gasteiger partial charge in [0, 0.05) is 39.3 Å². The Balaban J connectivity index is 1.30. The Kier molecular flexibility index (Phi) is 6.95. The molecule has 1 aromatic heterocycles. The number of piperazine rings is 1. The van der Waals surface area contributed by atoms with Gasteiger partial charge in [-0.2, -0.15) is 4.31 Å². The highest BCUT2D eigenvalue weighted by Crippen LogP contribution is 2.29. The van der Waals surface area contributed by atoms with E-state index in [0.29, 0.717) is 30.3 Å². The zero-order valence-corrected chi connectivity index (χ0v) is 19.4. The van der Waals surface area contributed by atoms with Gasteiger partial charge in [0.15, 0.2) is 0 Å². The van der Waals surface area contributed by atoms with Crippen LogP contribution in [0.1, 0.15) is 18.4 Å². The van der Waals surface area contributed by atoms with Gasteiger partial charge in [-0.25, -0.2) is 8.42 Å². The maximum Gasteiger partial charge on any atom is 0.253 e. The van der Waals surface area contributed by atoms with Crippen LogP contribution in [-0.2, 0) is 21.2 Å². The maximum absolute atomic E-state index is 13.2. The molecule has 1 atom stereocenters. The molecule has 1 aromatic carbocycles. The van der Waals surface area contributed by atoms with Crippen LogP contribution in [0.3, 0.4) is 0 Å². The number of nitrogens with zero attached hydrogens (tertiary/aromatic N) is 3. The fourth-order valence-corrected chi connectivity index (χ4v) is 7.05. The quantitative estimate of drug-likeness (QED) is 0.630. The number of carbonyl (C=O) groups excluding carboxylic acids is 1. The standard InChI is InChI=1S/C22H29N3O4S2/c1-29-19-8-6-18(7-9-19)10-12-23-13-15-24(16-14-23)22(26)20-4-2-11-25(20)31(27,28)21-5-3-17-30-21/h3,5-9,17,20H,2,4,10-16H2,1H3. The van der Waals surface area contributed by atoms with Crippen molar-refractivity contribution < 1.29 is 17.9 Å². The molecule has 9 heteroatoms. The van der Waals surface area contributed by atoms with Crippen LogP contribution in [-0.4, -0.2) is 80.9 Å². The minimum atomic E-state index is -3.60. The minimum Gasteiger partial charge on any atom is -0.497 e. The largest absolute Gasteiger partial charge is 0.497 e. The van der Waals surface area contributed by atoms with E-state index in [-0.39, 0.29) is 5.91 Å². The summed E-state index contributed by atoms with van der Waals surface area (Å²) in [6.45, 7) is 4.27. The molecule has 4 rings (SSSR count). The first-order valence-corrected chi connectivity index (χ1v) is 13.0. The predicted molar refractivity (Wildman–Crippen MR) is 121 cm³/mol. The van der Waals surface area contributed by atoms with Crippen molar-refractivity contribution in [3.8, 4) is 5.75 Å². The zero-order chi connectivity index (χ0) is 21.8. The van der Waals surface area contributed by atoms with E-state index < -0.39 is 16.1 Å². The molecule has 2 fully saturated rings. The highest BCUT2D eigenvalue weighted by atomic mass is 32.2. The molecule has 7 nitrogen and oxygen atoms in total. The topological polar surface area (TPSA) is 70.2 Å². The second kappa shape index (κ2) is 9.68. The fourth-order valence-electron chi connectivity index (χ4n) is 4.28. The zero-order valence-electron chi connectivity index (χ0n) is 17.8. The first kappa shape index (κ1) is 22.3. The number of hydrogen-bond acceptors (Lipinski definition) is 6. The van der Waals surface area contributed by atoms with Crippen molar-refractivity contribution >= 4 is 27.3 Å². The summed E-state index contributed by atoms with van der Waals surface area (Å²) in [7, 11) is -1.93. The van der Waals surface area contributed by atoms with Gasteiger partial charge in [0.25, 0.3) is 10.0 Å². The second-order valence-electron chi connectivity index (χ2n) is 7.97. The van der Waals surface area contributed by atoms with E-state index in [2.05, 4.69) is 17.0 Å². The van der Waals surface area contributed by atoms with Crippen LogP contribution in [0.25, 0.3) is 0 Å². The number of ether oxygens (including phenoxy) is 1. The van der Waals surface area contributed by atoms with E-state index >= 15 is 0 Å². The van der Waals surface area contributed by atoms with Crippen LogP contribution in [0.15, 0.2) is 46.0 Å². The van der Waals surface area contributed by atoms with Gasteiger partial charge in [-0.05, 0) is 48.4 Å². The number of methoxy groups -OCH3 is 1. The molecule has 2 saturated heterocycles. The lowest BCUT2D eigenvalue weighted by Gasteiger charge is -2.37. The Hall–Kier alpha value is -1.94. The molecular weight excluding hydrogens is 434 g/mol. The molecule has 0 spiro atoms. The van der Waals surface area contributed by atoms with Gasteiger partial charge in [0.1, 0.15) is 16.0 Å². The second-order valence-corrected chi connectivity index (χ2v) is 11.0. The van der Waals surface area contributed by atoms with Crippen molar-refractivity contribution in [2.45, 2.75) is 29.5 Å². The first-order chi connectivity index (χ1) is 15.0. The number of rotatable bonds is 7. The number of carbonyl (C=O) groups is 1. The number of amides is 1. The van der Waals surface area contributed by atoms with Crippen molar-refractivity contribution in [2.24, 2.45) is 0 Å². The minimum absolute atomic E-state index is 0.0487. The number of thiophene rings is 1. The van der Waals surface area contributed by atoms with Crippen molar-refractivity contribution in [1.82, 2.24) is 14.1 Å². The summed E-state index contributed by atoms with van der Waals surface area (Å²) in [5, 5.41) is 1.75. The summed E-state index contributed by atoms with van der Waals surface area (Å²) in [5.41, 5.74) is 1.26. The van der Waals surface area contributed by atoms with Gasteiger partial charge in [-0.3, -0.25) is 9.69 Å². The summed E-state index contributed by atoms with van der Waals surface area (Å²) in [5.74, 6) is 0.811. The van der Waals surface area contributed by atoms with Crippen LogP contribution in [0.5, 0.6) is 5.75 Å². The molecule has 0 N–H and O–H groups in total. The summed E-state index contributed by atoms with van der Waals surface area (Å²) in [6.07, 6.45) is 2.28. The number of hydrogen-bond donors (Lipinski definition) is 0. The van der Waals surface area contributed by atoms with E-state index in [4.69, 9.17) is 4.74 Å². The number of sulfonamides is 1. The molecule has 1 amide bonds. The van der Waals surface area contributed by atoms with Gasteiger partial charge in [-0.15, -0.1) is 11.3 Å². The van der Waals surface area contributed by atoms with Crippen molar-refractivity contribution in [1.29, 1.82) is 0 Å². The Labute approximate surface area is 188 Å². The Bertz CT molecular complexity index is 969. The molecule has 2 aliphatic rings. The van der Waals surface area contributed by atoms with Crippen molar-refractivity contribution in [2.75, 3.05) is 46.4 Å². The van der Waals surface area contributed by atoms with Crippen LogP contribution in [0.4, 0.5) is 0 Å². The van der Waals surface area contributed by atoms with Gasteiger partial charge in [0.05, 0.1) is 7.11 Å². The fraction of sp³-hybridized carbons (Fsp3) is 0.500. The third-order valence-corrected chi connectivity index (χ3v) is 9.39. The van der Waals surface area contributed by atoms with E-state index in [9.17, 15) is 13.2 Å². The highest BCUT2D eigenvalue weighted by molar-refractivity contribution is 7.91. The van der Waals surface area contributed by atoms with Gasteiger partial charge in [-0.1, -0.05) is 18.2 Å². The van der Waals surface area contributed by atoms with E-state index in [1.807, 2.05) is 17.0 Å². The average Bonchev–Trinajstić information content (AvgIpc) is 3.51. The average molecular weight is 464 g/mol. The lowest BCUT2D eigenvalue weighted by Crippen LogP contribution is -2.54. The summed E-state index contributed by atoms with van der Waals surface area (Å²) >= 11 is 1.20. The summed E-state index contributed by atoms with van der Waals surface area (Å²) in [6, 6.07) is 10.9. The van der Waals surface area contributed by atoms with Crippen molar-refractivity contribution in [3.05, 3.63) is 47.3 Å². The molecule has 168 valence electrons. The first-order valence-electron chi connectivity index (χ1n) is 10.7. The summed E-state index contributed by atoms with van der Waals surface area (Å²) in [4.78, 5) is 17.4. The SMILES string of the molecule is COc1ccc(CCN2CCN(C(=O)C3CCCN3S(=O)(=O)c3cccs3)CC2)cc1. The van der Waals surface area contributed by atoms with Crippen LogP contribution < -0.4 is 4.74 Å². The lowest BCUT2D eigenvalue weighted by atomic mass is 10.1. The molecule has 1 unspecified atom stereocenters. The molecule has 2 aromatic rings. The van der Waals surface area contributed by atoms with Crippen LogP contribution in [0.2, 0.25) is 0 Å². The van der Waals surface area contributed by atoms with E-state index in [1.165, 1.54) is 21.2 Å². The maximum atomic E-state index is 13.2. The number of benzene rings is 1. The Morgan fingerprint density at radius 3 is 2.48 bits per heavy atom. The van der Waals surface area contributed by atoms with Crippen LogP contribution in [0, 0.1) is 0 Å². The third-order valence-electron chi connectivity index (χ3n) is 6.11. The molecular formula is C22H29N3O4S2. The Morgan fingerprint density at radius 2 is 1.84 bits per heavy atom. The monoisotopic (exact) mass is 463 g/mol. The normalized spacial score (nSPS) is 20.8. The highest BCUT2D eigenvalue weighted by Gasteiger charge is 2.41. The van der Waals surface area contributed by atoms with Gasteiger partial charge >= 0.3 is 0 Å². The Morgan fingerprint density at radius 1 is 1.10 bits per heavy atom. The predicted octanol–water partition coefficient (Wildman–Crippen LogP) is 2.30. The van der Waals surface area contributed by atoms with E-state index in [0.717, 1.165) is 38.2 Å². The lowest BCUT2D eigenvalue weighted by molar-refractivity contribution is -0.136. The molecule has 0 bridgehead atoms. The molecule has 31 heavy (non-hydrogen) atoms. The van der Waals surface area contributed by atoms with Crippen molar-refractivity contribution in [3.63, 3.8) is 0 Å². The smallest absolute Gasteiger partial charge is 0.253 e.